The number of benzene rings is 2. The van der Waals surface area contributed by atoms with Crippen LogP contribution < -0.4 is 9.47 Å². The van der Waals surface area contributed by atoms with Crippen LogP contribution in [-0.4, -0.2) is 46.1 Å². The fourth-order valence-corrected chi connectivity index (χ4v) is 4.22. The monoisotopic (exact) mass is 461 g/mol. The summed E-state index contributed by atoms with van der Waals surface area (Å²) in [6.45, 7) is 6.02. The summed E-state index contributed by atoms with van der Waals surface area (Å²) in [7, 11) is 3.56. The molecule has 0 radical (unpaired) electrons. The van der Waals surface area contributed by atoms with Gasteiger partial charge < -0.3 is 14.6 Å². The number of hydrogen-bond donors (Lipinski definition) is 1. The van der Waals surface area contributed by atoms with Gasteiger partial charge in [0.1, 0.15) is 17.2 Å². The quantitative estimate of drug-likeness (QED) is 0.344. The summed E-state index contributed by atoms with van der Waals surface area (Å²) in [6, 6.07) is 17.8. The SMILES string of the molecule is C=CCC[C@H](O)CN(Cc1c(-c2ccccc2)nn(C)c1Oc1cccc(OC)c1)CC1CC1. The molecule has 1 aliphatic rings. The lowest BCUT2D eigenvalue weighted by Crippen LogP contribution is -2.33. The molecule has 0 spiro atoms. The Morgan fingerprint density at radius 3 is 2.65 bits per heavy atom. The van der Waals surface area contributed by atoms with Gasteiger partial charge in [-0.1, -0.05) is 42.5 Å². The predicted octanol–water partition coefficient (Wildman–Crippen LogP) is 5.43. The van der Waals surface area contributed by atoms with E-state index in [0.717, 1.165) is 42.0 Å². The van der Waals surface area contributed by atoms with Crippen molar-refractivity contribution in [3.63, 3.8) is 0 Å². The van der Waals surface area contributed by atoms with Crippen LogP contribution in [0.1, 0.15) is 31.2 Å². The van der Waals surface area contributed by atoms with Crippen LogP contribution in [0.2, 0.25) is 0 Å². The smallest absolute Gasteiger partial charge is 0.222 e. The van der Waals surface area contributed by atoms with Crippen molar-refractivity contribution in [1.29, 1.82) is 0 Å². The Kier molecular flexibility index (Phi) is 8.03. The van der Waals surface area contributed by atoms with E-state index < -0.39 is 6.10 Å². The lowest BCUT2D eigenvalue weighted by atomic mass is 10.1. The molecular weight excluding hydrogens is 426 g/mol. The second-order valence-electron chi connectivity index (χ2n) is 9.06. The molecule has 3 aromatic rings. The molecule has 4 rings (SSSR count). The first-order valence-electron chi connectivity index (χ1n) is 12.0. The average Bonchev–Trinajstić information content (AvgIpc) is 3.62. The van der Waals surface area contributed by atoms with Crippen molar-refractivity contribution in [3.8, 4) is 28.6 Å². The predicted molar refractivity (Wildman–Crippen MR) is 135 cm³/mol. The zero-order chi connectivity index (χ0) is 23.9. The summed E-state index contributed by atoms with van der Waals surface area (Å²) < 4.78 is 13.6. The molecule has 2 aromatic carbocycles. The van der Waals surface area contributed by atoms with Crippen LogP contribution in [0.4, 0.5) is 0 Å². The Morgan fingerprint density at radius 1 is 1.18 bits per heavy atom. The molecule has 1 atom stereocenters. The average molecular weight is 462 g/mol. The molecule has 0 amide bonds. The van der Waals surface area contributed by atoms with E-state index in [0.29, 0.717) is 30.6 Å². The number of ether oxygens (including phenoxy) is 2. The number of rotatable bonds is 13. The molecule has 1 aliphatic carbocycles. The molecule has 6 nitrogen and oxygen atoms in total. The van der Waals surface area contributed by atoms with Crippen molar-refractivity contribution in [2.45, 2.75) is 38.3 Å². The Labute approximate surface area is 202 Å². The van der Waals surface area contributed by atoms with Crippen LogP contribution >= 0.6 is 0 Å². The largest absolute Gasteiger partial charge is 0.497 e. The Morgan fingerprint density at radius 2 is 1.94 bits per heavy atom. The van der Waals surface area contributed by atoms with E-state index in [-0.39, 0.29) is 0 Å². The van der Waals surface area contributed by atoms with Crippen molar-refractivity contribution in [2.24, 2.45) is 13.0 Å². The highest BCUT2D eigenvalue weighted by atomic mass is 16.5. The van der Waals surface area contributed by atoms with E-state index in [1.54, 1.807) is 11.8 Å². The third-order valence-corrected chi connectivity index (χ3v) is 6.16. The number of nitrogens with zero attached hydrogens (tertiary/aromatic N) is 3. The molecule has 1 heterocycles. The third-order valence-electron chi connectivity index (χ3n) is 6.16. The minimum Gasteiger partial charge on any atom is -0.497 e. The van der Waals surface area contributed by atoms with Crippen molar-refractivity contribution < 1.29 is 14.6 Å². The Balaban J connectivity index is 1.67. The molecule has 1 fully saturated rings. The molecule has 0 aliphatic heterocycles. The van der Waals surface area contributed by atoms with Gasteiger partial charge in [-0.25, -0.2) is 4.68 Å². The number of aliphatic hydroxyl groups excluding tert-OH is 1. The van der Waals surface area contributed by atoms with Crippen LogP contribution in [0.25, 0.3) is 11.3 Å². The lowest BCUT2D eigenvalue weighted by Gasteiger charge is -2.25. The van der Waals surface area contributed by atoms with E-state index in [1.165, 1.54) is 12.8 Å². The van der Waals surface area contributed by atoms with E-state index in [2.05, 4.69) is 23.6 Å². The maximum Gasteiger partial charge on any atom is 0.222 e. The standard InChI is InChI=1S/C28H35N3O3/c1-4-5-12-23(32)19-31(18-21-15-16-21)20-26-27(22-10-7-6-8-11-22)29-30(2)28(26)34-25-14-9-13-24(17-25)33-3/h4,6-11,13-14,17,21,23,32H,1,5,12,15-16,18-20H2,2-3H3/t23-/m0/s1. The van der Waals surface area contributed by atoms with Gasteiger partial charge in [-0.15, -0.1) is 6.58 Å². The number of aliphatic hydroxyl groups is 1. The second kappa shape index (κ2) is 11.4. The Bertz CT molecular complexity index is 1080. The number of aromatic nitrogens is 2. The number of aryl methyl sites for hydroxylation is 1. The van der Waals surface area contributed by atoms with Gasteiger partial charge in [0.15, 0.2) is 0 Å². The van der Waals surface area contributed by atoms with Crippen LogP contribution in [0.3, 0.4) is 0 Å². The molecule has 0 unspecified atom stereocenters. The molecule has 0 saturated heterocycles. The highest BCUT2D eigenvalue weighted by molar-refractivity contribution is 5.65. The van der Waals surface area contributed by atoms with Gasteiger partial charge in [-0.05, 0) is 43.7 Å². The maximum absolute atomic E-state index is 10.7. The lowest BCUT2D eigenvalue weighted by molar-refractivity contribution is 0.0992. The second-order valence-corrected chi connectivity index (χ2v) is 9.06. The minimum absolute atomic E-state index is 0.392. The van der Waals surface area contributed by atoms with Crippen molar-refractivity contribution in [2.75, 3.05) is 20.2 Å². The Hall–Kier alpha value is -3.09. The first-order valence-corrected chi connectivity index (χ1v) is 12.0. The summed E-state index contributed by atoms with van der Waals surface area (Å²) in [5.74, 6) is 2.84. The summed E-state index contributed by atoms with van der Waals surface area (Å²) in [5.41, 5.74) is 2.97. The fourth-order valence-electron chi connectivity index (χ4n) is 4.22. The topological polar surface area (TPSA) is 59.8 Å². The summed E-state index contributed by atoms with van der Waals surface area (Å²) in [4.78, 5) is 2.35. The molecule has 1 N–H and O–H groups in total. The van der Waals surface area contributed by atoms with Gasteiger partial charge in [-0.2, -0.15) is 5.10 Å². The molecule has 34 heavy (non-hydrogen) atoms. The van der Waals surface area contributed by atoms with Gasteiger partial charge in [0.25, 0.3) is 0 Å². The summed E-state index contributed by atoms with van der Waals surface area (Å²) in [5, 5.41) is 15.5. The highest BCUT2D eigenvalue weighted by Gasteiger charge is 2.28. The van der Waals surface area contributed by atoms with Gasteiger partial charge in [0.05, 0.1) is 18.8 Å². The van der Waals surface area contributed by atoms with Crippen molar-refractivity contribution >= 4 is 0 Å². The maximum atomic E-state index is 10.7. The van der Waals surface area contributed by atoms with Crippen LogP contribution in [0.5, 0.6) is 17.4 Å². The normalized spacial score (nSPS) is 14.2. The van der Waals surface area contributed by atoms with Crippen LogP contribution in [0.15, 0.2) is 67.3 Å². The molecule has 0 bridgehead atoms. The van der Waals surface area contributed by atoms with Gasteiger partial charge in [0.2, 0.25) is 5.88 Å². The van der Waals surface area contributed by atoms with Gasteiger partial charge in [-0.3, -0.25) is 4.90 Å². The number of allylic oxidation sites excluding steroid dienone is 1. The molecule has 180 valence electrons. The molecule has 1 aromatic heterocycles. The summed E-state index contributed by atoms with van der Waals surface area (Å²) >= 11 is 0. The third kappa shape index (κ3) is 6.27. The van der Waals surface area contributed by atoms with Crippen LogP contribution in [0, 0.1) is 5.92 Å². The fraction of sp³-hybridized carbons (Fsp3) is 0.393. The van der Waals surface area contributed by atoms with Gasteiger partial charge in [0, 0.05) is 38.3 Å². The van der Waals surface area contributed by atoms with Crippen molar-refractivity contribution in [1.82, 2.24) is 14.7 Å². The molecule has 6 heteroatoms. The highest BCUT2D eigenvalue weighted by Crippen LogP contribution is 2.36. The first-order chi connectivity index (χ1) is 16.6. The van der Waals surface area contributed by atoms with Crippen molar-refractivity contribution in [3.05, 3.63) is 72.8 Å². The van der Waals surface area contributed by atoms with E-state index in [4.69, 9.17) is 14.6 Å². The summed E-state index contributed by atoms with van der Waals surface area (Å²) in [6.07, 6.45) is 5.51. The van der Waals surface area contributed by atoms with E-state index in [9.17, 15) is 5.11 Å². The minimum atomic E-state index is -0.392. The van der Waals surface area contributed by atoms with E-state index >= 15 is 0 Å². The molecular formula is C28H35N3O3. The zero-order valence-electron chi connectivity index (χ0n) is 20.2. The molecule has 1 saturated carbocycles. The van der Waals surface area contributed by atoms with Gasteiger partial charge >= 0.3 is 0 Å². The number of methoxy groups -OCH3 is 1. The number of hydrogen-bond acceptors (Lipinski definition) is 5. The first kappa shape index (κ1) is 24.0. The van der Waals surface area contributed by atoms with Crippen LogP contribution in [-0.2, 0) is 13.6 Å². The zero-order valence-corrected chi connectivity index (χ0v) is 20.2. The van der Waals surface area contributed by atoms with E-state index in [1.807, 2.05) is 55.6 Å².